The van der Waals surface area contributed by atoms with Crippen LogP contribution in [-0.4, -0.2) is 39.6 Å². The number of carbonyl (C=O) groups excluding carboxylic acids is 3. The number of benzene rings is 3. The van der Waals surface area contributed by atoms with Crippen LogP contribution in [0, 0.1) is 11.8 Å². The fraction of sp³-hybridized carbons (Fsp3) is 0.323. The largest absolute Gasteiger partial charge is 0.416 e. The highest BCUT2D eigenvalue weighted by Crippen LogP contribution is 2.52. The number of halogens is 3. The van der Waals surface area contributed by atoms with E-state index in [1.165, 1.54) is 17.0 Å². The molecule has 3 fully saturated rings. The summed E-state index contributed by atoms with van der Waals surface area (Å²) >= 11 is 0. The number of hydrogen-bond donors (Lipinski definition) is 1. The zero-order valence-electron chi connectivity index (χ0n) is 21.6. The third-order valence-corrected chi connectivity index (χ3v) is 8.41. The molecule has 0 unspecified atom stereocenters. The lowest BCUT2D eigenvalue weighted by atomic mass is 9.74. The van der Waals surface area contributed by atoms with E-state index in [0.717, 1.165) is 23.3 Å². The SMILES string of the molecule is O=C1[C@H]2[C@@H](c3ccc(C(F)(F)F)cc3)N[C@]3(CCCN(Cc4ccccc4)C3=O)[C@H]2C(=O)N1Cc1ccccc1. The average Bonchev–Trinajstić information content (AvgIpc) is 3.42. The lowest BCUT2D eigenvalue weighted by Crippen LogP contribution is -2.63. The molecule has 1 spiro atoms. The van der Waals surface area contributed by atoms with Crippen LogP contribution in [0.3, 0.4) is 0 Å². The molecule has 3 aromatic rings. The second kappa shape index (κ2) is 9.89. The number of piperidine rings is 1. The van der Waals surface area contributed by atoms with E-state index in [4.69, 9.17) is 0 Å². The van der Waals surface area contributed by atoms with Gasteiger partial charge in [0.05, 0.1) is 23.9 Å². The monoisotopic (exact) mass is 547 g/mol. The molecule has 3 aliphatic rings. The molecule has 3 aromatic carbocycles. The van der Waals surface area contributed by atoms with Crippen molar-refractivity contribution in [1.29, 1.82) is 0 Å². The van der Waals surface area contributed by atoms with Crippen LogP contribution in [0.15, 0.2) is 84.9 Å². The predicted molar refractivity (Wildman–Crippen MR) is 140 cm³/mol. The van der Waals surface area contributed by atoms with Gasteiger partial charge >= 0.3 is 6.18 Å². The molecule has 40 heavy (non-hydrogen) atoms. The van der Waals surface area contributed by atoms with Gasteiger partial charge in [-0.15, -0.1) is 0 Å². The molecular formula is C31H28F3N3O3. The van der Waals surface area contributed by atoms with Crippen molar-refractivity contribution in [2.45, 2.75) is 43.7 Å². The molecule has 206 valence electrons. The van der Waals surface area contributed by atoms with Gasteiger partial charge in [0.25, 0.3) is 0 Å². The van der Waals surface area contributed by atoms with E-state index in [1.54, 1.807) is 4.90 Å². The number of imide groups is 1. The summed E-state index contributed by atoms with van der Waals surface area (Å²) in [5.41, 5.74) is 0.0288. The molecule has 4 atom stereocenters. The number of amides is 3. The molecule has 0 bridgehead atoms. The Balaban J connectivity index is 1.39. The van der Waals surface area contributed by atoms with Crippen LogP contribution in [0.1, 0.15) is 41.1 Å². The van der Waals surface area contributed by atoms with E-state index in [2.05, 4.69) is 5.32 Å². The normalized spacial score (nSPS) is 26.6. The van der Waals surface area contributed by atoms with Gasteiger partial charge in [-0.25, -0.2) is 0 Å². The Morgan fingerprint density at radius 2 is 1.40 bits per heavy atom. The maximum atomic E-state index is 14.2. The van der Waals surface area contributed by atoms with E-state index in [9.17, 15) is 27.6 Å². The van der Waals surface area contributed by atoms with Crippen molar-refractivity contribution >= 4 is 17.7 Å². The number of likely N-dealkylation sites (tertiary alicyclic amines) is 2. The maximum Gasteiger partial charge on any atom is 0.416 e. The van der Waals surface area contributed by atoms with Crippen LogP contribution in [0.5, 0.6) is 0 Å². The second-order valence-electron chi connectivity index (χ2n) is 10.8. The van der Waals surface area contributed by atoms with Crippen molar-refractivity contribution in [3.05, 3.63) is 107 Å². The minimum absolute atomic E-state index is 0.0727. The Morgan fingerprint density at radius 3 is 2.00 bits per heavy atom. The third kappa shape index (κ3) is 4.38. The highest BCUT2D eigenvalue weighted by molar-refractivity contribution is 6.10. The number of rotatable bonds is 5. The molecule has 6 rings (SSSR count). The number of nitrogens with zero attached hydrogens (tertiary/aromatic N) is 2. The fourth-order valence-corrected chi connectivity index (χ4v) is 6.57. The molecule has 0 radical (unpaired) electrons. The molecular weight excluding hydrogens is 519 g/mol. The van der Waals surface area contributed by atoms with Crippen molar-refractivity contribution in [3.8, 4) is 0 Å². The molecule has 3 amide bonds. The lowest BCUT2D eigenvalue weighted by Gasteiger charge is -2.42. The van der Waals surface area contributed by atoms with E-state index in [-0.39, 0.29) is 12.5 Å². The van der Waals surface area contributed by atoms with Crippen molar-refractivity contribution in [3.63, 3.8) is 0 Å². The maximum absolute atomic E-state index is 14.2. The number of carbonyl (C=O) groups is 3. The van der Waals surface area contributed by atoms with E-state index >= 15 is 0 Å². The number of hydrogen-bond acceptors (Lipinski definition) is 4. The molecule has 9 heteroatoms. The number of fused-ring (bicyclic) bond motifs is 2. The van der Waals surface area contributed by atoms with Gasteiger partial charge in [-0.1, -0.05) is 72.8 Å². The summed E-state index contributed by atoms with van der Waals surface area (Å²) in [7, 11) is 0. The first-order valence-electron chi connectivity index (χ1n) is 13.4. The predicted octanol–water partition coefficient (Wildman–Crippen LogP) is 4.71. The van der Waals surface area contributed by atoms with Crippen LogP contribution in [0.2, 0.25) is 0 Å². The quantitative estimate of drug-likeness (QED) is 0.470. The van der Waals surface area contributed by atoms with E-state index in [0.29, 0.717) is 31.5 Å². The van der Waals surface area contributed by atoms with Crippen LogP contribution >= 0.6 is 0 Å². The minimum Gasteiger partial charge on any atom is -0.337 e. The minimum atomic E-state index is -4.51. The summed E-state index contributed by atoms with van der Waals surface area (Å²) in [6.45, 7) is 0.944. The fourth-order valence-electron chi connectivity index (χ4n) is 6.57. The summed E-state index contributed by atoms with van der Waals surface area (Å²) in [6.07, 6.45) is -3.53. The molecule has 0 aromatic heterocycles. The molecule has 3 saturated heterocycles. The Labute approximate surface area is 229 Å². The summed E-state index contributed by atoms with van der Waals surface area (Å²) < 4.78 is 39.8. The van der Waals surface area contributed by atoms with E-state index < -0.39 is 47.0 Å². The number of alkyl halides is 3. The first-order valence-corrected chi connectivity index (χ1v) is 13.4. The highest BCUT2D eigenvalue weighted by atomic mass is 19.4. The van der Waals surface area contributed by atoms with Gasteiger partial charge in [-0.05, 0) is 41.7 Å². The molecule has 6 nitrogen and oxygen atoms in total. The van der Waals surface area contributed by atoms with Crippen molar-refractivity contribution in [1.82, 2.24) is 15.1 Å². The Kier molecular flexibility index (Phi) is 6.49. The number of nitrogens with one attached hydrogen (secondary N) is 1. The first kappa shape index (κ1) is 26.3. The van der Waals surface area contributed by atoms with Gasteiger partial charge in [-0.2, -0.15) is 13.2 Å². The Hall–Kier alpha value is -3.98. The summed E-state index contributed by atoms with van der Waals surface area (Å²) in [6, 6.07) is 22.5. The Morgan fingerprint density at radius 1 is 0.800 bits per heavy atom. The first-order chi connectivity index (χ1) is 19.2. The van der Waals surface area contributed by atoms with Gasteiger partial charge in [0, 0.05) is 19.1 Å². The van der Waals surface area contributed by atoms with Crippen LogP contribution < -0.4 is 5.32 Å². The van der Waals surface area contributed by atoms with Gasteiger partial charge < -0.3 is 4.90 Å². The van der Waals surface area contributed by atoms with Crippen molar-refractivity contribution in [2.24, 2.45) is 11.8 Å². The van der Waals surface area contributed by atoms with E-state index in [1.807, 2.05) is 60.7 Å². The van der Waals surface area contributed by atoms with Gasteiger partial charge in [0.15, 0.2) is 0 Å². The van der Waals surface area contributed by atoms with Gasteiger partial charge in [0.2, 0.25) is 17.7 Å². The zero-order valence-corrected chi connectivity index (χ0v) is 21.6. The van der Waals surface area contributed by atoms with Crippen LogP contribution in [0.4, 0.5) is 13.2 Å². The molecule has 3 heterocycles. The zero-order chi connectivity index (χ0) is 28.1. The molecule has 1 N–H and O–H groups in total. The molecule has 0 saturated carbocycles. The Bertz CT molecular complexity index is 1430. The summed E-state index contributed by atoms with van der Waals surface area (Å²) in [5, 5.41) is 3.35. The molecule has 3 aliphatic heterocycles. The van der Waals surface area contributed by atoms with Crippen LogP contribution in [-0.2, 0) is 33.6 Å². The summed E-state index contributed by atoms with van der Waals surface area (Å²) in [4.78, 5) is 45.0. The second-order valence-corrected chi connectivity index (χ2v) is 10.8. The molecule has 0 aliphatic carbocycles. The van der Waals surface area contributed by atoms with Crippen LogP contribution in [0.25, 0.3) is 0 Å². The van der Waals surface area contributed by atoms with Gasteiger partial charge in [0.1, 0.15) is 5.54 Å². The topological polar surface area (TPSA) is 69.7 Å². The highest BCUT2D eigenvalue weighted by Gasteiger charge is 2.69. The van der Waals surface area contributed by atoms with Crippen molar-refractivity contribution in [2.75, 3.05) is 6.54 Å². The van der Waals surface area contributed by atoms with Crippen molar-refractivity contribution < 1.29 is 27.6 Å². The third-order valence-electron chi connectivity index (χ3n) is 8.41. The average molecular weight is 548 g/mol. The smallest absolute Gasteiger partial charge is 0.337 e. The standard InChI is InChI=1S/C31H28F3N3O3/c32-31(33,34)23-14-12-22(13-15-23)26-24-25(28(39)37(27(24)38)19-21-10-5-2-6-11-21)30(35-26)16-7-17-36(29(30)40)18-20-8-3-1-4-9-20/h1-6,8-15,24-26,35H,7,16-19H2/t24-,25-,26-,30-/m1/s1. The summed E-state index contributed by atoms with van der Waals surface area (Å²) in [5.74, 6) is -2.96. The van der Waals surface area contributed by atoms with Gasteiger partial charge in [-0.3, -0.25) is 24.6 Å². The lowest BCUT2D eigenvalue weighted by molar-refractivity contribution is -0.150.